The average molecular weight is 412 g/mol. The molecule has 2 N–H and O–H groups in total. The first kappa shape index (κ1) is 20.4. The monoisotopic (exact) mass is 411 g/mol. The highest BCUT2D eigenvalue weighted by atomic mass is 16.5. The van der Waals surface area contributed by atoms with Crippen LogP contribution in [0.15, 0.2) is 18.2 Å². The number of ether oxygens (including phenoxy) is 2. The molecule has 1 aliphatic heterocycles. The molecule has 1 saturated heterocycles. The van der Waals surface area contributed by atoms with Gasteiger partial charge in [0.05, 0.1) is 24.2 Å². The molecule has 4 rings (SSSR count). The van der Waals surface area contributed by atoms with Crippen molar-refractivity contribution in [2.75, 3.05) is 38.6 Å². The Labute approximate surface area is 176 Å². The Morgan fingerprint density at radius 2 is 2.03 bits per heavy atom. The lowest BCUT2D eigenvalue weighted by atomic mass is 10.1. The zero-order valence-corrected chi connectivity index (χ0v) is 17.9. The van der Waals surface area contributed by atoms with Gasteiger partial charge in [0.1, 0.15) is 17.1 Å². The van der Waals surface area contributed by atoms with E-state index in [9.17, 15) is 4.79 Å². The Balaban J connectivity index is 1.65. The second kappa shape index (κ2) is 8.47. The van der Waals surface area contributed by atoms with Gasteiger partial charge in [-0.25, -0.2) is 9.97 Å². The van der Waals surface area contributed by atoms with Crippen LogP contribution in [0.3, 0.4) is 0 Å². The van der Waals surface area contributed by atoms with E-state index in [1.165, 1.54) is 0 Å². The molecule has 2 aromatic heterocycles. The quantitative estimate of drug-likeness (QED) is 0.670. The summed E-state index contributed by atoms with van der Waals surface area (Å²) in [6.45, 7) is 9.70. The summed E-state index contributed by atoms with van der Waals surface area (Å²) in [5.74, 6) is 2.46. The van der Waals surface area contributed by atoms with Crippen molar-refractivity contribution in [1.82, 2.24) is 19.4 Å². The van der Waals surface area contributed by atoms with Gasteiger partial charge in [-0.1, -0.05) is 20.8 Å². The van der Waals surface area contributed by atoms with Gasteiger partial charge in [0.2, 0.25) is 0 Å². The summed E-state index contributed by atoms with van der Waals surface area (Å²) in [6, 6.07) is 5.71. The highest BCUT2D eigenvalue weighted by molar-refractivity contribution is 6.07. The second-order valence-corrected chi connectivity index (χ2v) is 8.04. The number of hydrogen-bond acceptors (Lipinski definition) is 6. The zero-order chi connectivity index (χ0) is 21.3. The molecule has 160 valence electrons. The Morgan fingerprint density at radius 1 is 1.27 bits per heavy atom. The van der Waals surface area contributed by atoms with Crippen LogP contribution in [0.4, 0.5) is 5.82 Å². The van der Waals surface area contributed by atoms with Crippen molar-refractivity contribution in [3.8, 4) is 5.75 Å². The molecule has 3 aromatic rings. The highest BCUT2D eigenvalue weighted by Crippen LogP contribution is 2.31. The average Bonchev–Trinajstić information content (AvgIpc) is 3.11. The van der Waals surface area contributed by atoms with Crippen LogP contribution in [-0.2, 0) is 22.5 Å². The lowest BCUT2D eigenvalue weighted by Crippen LogP contribution is -2.42. The topological polar surface area (TPSA) is 95.5 Å². The van der Waals surface area contributed by atoms with E-state index >= 15 is 0 Å². The number of carbonyl (C=O) groups excluding carboxylic acids is 1. The molecule has 0 saturated carbocycles. The number of nitrogens with zero attached hydrogens (tertiary/aromatic N) is 4. The fourth-order valence-electron chi connectivity index (χ4n) is 3.91. The fourth-order valence-corrected chi connectivity index (χ4v) is 3.91. The van der Waals surface area contributed by atoms with E-state index in [0.717, 1.165) is 40.7 Å². The van der Waals surface area contributed by atoms with Crippen molar-refractivity contribution in [3.05, 3.63) is 24.0 Å². The van der Waals surface area contributed by atoms with Crippen molar-refractivity contribution in [2.24, 2.45) is 5.92 Å². The van der Waals surface area contributed by atoms with Gasteiger partial charge in [-0.05, 0) is 18.1 Å². The number of aryl methyl sites for hydroxylation is 1. The van der Waals surface area contributed by atoms with Gasteiger partial charge >= 0.3 is 0 Å². The number of benzene rings is 1. The summed E-state index contributed by atoms with van der Waals surface area (Å²) >= 11 is 0. The van der Waals surface area contributed by atoms with Gasteiger partial charge in [0.15, 0.2) is 12.4 Å². The van der Waals surface area contributed by atoms with E-state index in [2.05, 4.69) is 30.3 Å². The summed E-state index contributed by atoms with van der Waals surface area (Å²) in [7, 11) is 0. The molecule has 1 aromatic carbocycles. The molecule has 30 heavy (non-hydrogen) atoms. The molecular formula is C22H29N5O3. The molecule has 1 amide bonds. The summed E-state index contributed by atoms with van der Waals surface area (Å²) in [5.41, 5.74) is 8.76. The standard InChI is InChI=1S/C22H29N5O3/c1-4-18-25-20-21(27(18)12-14(2)3)16-6-5-15(11-17(16)24-22(20)23)30-13-19(28)26-7-9-29-10-8-26/h5-6,11,14H,4,7-10,12-13H2,1-3H3,(H2,23,24). The SMILES string of the molecule is CCc1nc2c(N)nc3cc(OCC(=O)N4CCOCC4)ccc3c2n1CC(C)C. The molecule has 3 heterocycles. The van der Waals surface area contributed by atoms with Gasteiger partial charge in [0.25, 0.3) is 5.91 Å². The maximum atomic E-state index is 12.3. The molecule has 0 radical (unpaired) electrons. The molecular weight excluding hydrogens is 382 g/mol. The third-order valence-corrected chi connectivity index (χ3v) is 5.34. The molecule has 0 unspecified atom stereocenters. The minimum absolute atomic E-state index is 0.00546. The van der Waals surface area contributed by atoms with Crippen LogP contribution in [0.1, 0.15) is 26.6 Å². The first-order chi connectivity index (χ1) is 14.5. The minimum Gasteiger partial charge on any atom is -0.484 e. The number of fused-ring (bicyclic) bond motifs is 3. The van der Waals surface area contributed by atoms with Gasteiger partial charge < -0.3 is 24.7 Å². The van der Waals surface area contributed by atoms with E-state index in [1.54, 1.807) is 4.90 Å². The first-order valence-corrected chi connectivity index (χ1v) is 10.5. The lowest BCUT2D eigenvalue weighted by Gasteiger charge is -2.26. The van der Waals surface area contributed by atoms with Crippen molar-refractivity contribution in [2.45, 2.75) is 33.7 Å². The van der Waals surface area contributed by atoms with Crippen molar-refractivity contribution in [1.29, 1.82) is 0 Å². The molecule has 8 heteroatoms. The smallest absolute Gasteiger partial charge is 0.260 e. The number of rotatable bonds is 6. The number of imidazole rings is 1. The predicted molar refractivity (Wildman–Crippen MR) is 117 cm³/mol. The van der Waals surface area contributed by atoms with Crippen LogP contribution in [0, 0.1) is 5.92 Å². The summed E-state index contributed by atoms with van der Waals surface area (Å²) in [6.07, 6.45) is 0.827. The van der Waals surface area contributed by atoms with Gasteiger partial charge in [-0.15, -0.1) is 0 Å². The fraction of sp³-hybridized carbons (Fsp3) is 0.500. The number of aromatic nitrogens is 3. The van der Waals surface area contributed by atoms with Crippen molar-refractivity contribution >= 4 is 33.7 Å². The maximum Gasteiger partial charge on any atom is 0.260 e. The third-order valence-electron chi connectivity index (χ3n) is 5.34. The lowest BCUT2D eigenvalue weighted by molar-refractivity contribution is -0.137. The first-order valence-electron chi connectivity index (χ1n) is 10.5. The molecule has 0 spiro atoms. The van der Waals surface area contributed by atoms with Gasteiger partial charge in [-0.3, -0.25) is 4.79 Å². The van der Waals surface area contributed by atoms with Crippen LogP contribution in [0.2, 0.25) is 0 Å². The largest absolute Gasteiger partial charge is 0.484 e. The number of hydrogen-bond donors (Lipinski definition) is 1. The van der Waals surface area contributed by atoms with Gasteiger partial charge in [0, 0.05) is 37.5 Å². The summed E-state index contributed by atoms with van der Waals surface area (Å²) < 4.78 is 13.3. The number of carbonyl (C=O) groups is 1. The number of morpholine rings is 1. The third kappa shape index (κ3) is 3.92. The van der Waals surface area contributed by atoms with Crippen molar-refractivity contribution in [3.63, 3.8) is 0 Å². The molecule has 0 bridgehead atoms. The highest BCUT2D eigenvalue weighted by Gasteiger charge is 2.19. The summed E-state index contributed by atoms with van der Waals surface area (Å²) in [4.78, 5) is 23.4. The minimum atomic E-state index is -0.0380. The normalized spacial score (nSPS) is 14.7. The predicted octanol–water partition coefficient (Wildman–Crippen LogP) is 2.62. The van der Waals surface area contributed by atoms with Crippen molar-refractivity contribution < 1.29 is 14.3 Å². The number of anilines is 1. The van der Waals surface area contributed by atoms with Crippen LogP contribution >= 0.6 is 0 Å². The summed E-state index contributed by atoms with van der Waals surface area (Å²) in [5, 5.41) is 0.985. The molecule has 0 atom stereocenters. The van der Waals surface area contributed by atoms with Crippen LogP contribution < -0.4 is 10.5 Å². The number of pyridine rings is 1. The van der Waals surface area contributed by atoms with E-state index < -0.39 is 0 Å². The van der Waals surface area contributed by atoms with E-state index in [1.807, 2.05) is 18.2 Å². The molecule has 1 aliphatic rings. The van der Waals surface area contributed by atoms with E-state index in [-0.39, 0.29) is 12.5 Å². The second-order valence-electron chi connectivity index (χ2n) is 8.04. The Bertz CT molecular complexity index is 1070. The molecule has 1 fully saturated rings. The molecule has 0 aliphatic carbocycles. The number of nitrogens with two attached hydrogens (primary N) is 1. The van der Waals surface area contributed by atoms with Gasteiger partial charge in [-0.2, -0.15) is 0 Å². The Kier molecular flexibility index (Phi) is 5.76. The number of amides is 1. The van der Waals surface area contributed by atoms with E-state index in [4.69, 9.17) is 20.2 Å². The zero-order valence-electron chi connectivity index (χ0n) is 17.9. The maximum absolute atomic E-state index is 12.3. The number of nitrogen functional groups attached to an aromatic ring is 1. The van der Waals surface area contributed by atoms with Crippen LogP contribution in [0.25, 0.3) is 21.9 Å². The van der Waals surface area contributed by atoms with Crippen LogP contribution in [-0.4, -0.2) is 58.3 Å². The Morgan fingerprint density at radius 3 is 2.73 bits per heavy atom. The van der Waals surface area contributed by atoms with Crippen LogP contribution in [0.5, 0.6) is 5.75 Å². The van der Waals surface area contributed by atoms with E-state index in [0.29, 0.717) is 43.8 Å². The molecule has 8 nitrogen and oxygen atoms in total. The Hall–Kier alpha value is -2.87.